The van der Waals surface area contributed by atoms with E-state index in [4.69, 9.17) is 35.3 Å². The summed E-state index contributed by atoms with van der Waals surface area (Å²) < 4.78 is 26.8. The molecule has 0 saturated heterocycles. The molecule has 8 heteroatoms. The first-order valence-electron chi connectivity index (χ1n) is 8.43. The van der Waals surface area contributed by atoms with E-state index in [1.807, 2.05) is 0 Å². The number of hydrogen-bond acceptors (Lipinski definition) is 7. The molecule has 0 spiro atoms. The molecule has 2 heterocycles. The summed E-state index contributed by atoms with van der Waals surface area (Å²) in [6, 6.07) is 8.56. The first kappa shape index (κ1) is 18.2. The molecule has 0 unspecified atom stereocenters. The summed E-state index contributed by atoms with van der Waals surface area (Å²) in [5.41, 5.74) is 1.39. The molecule has 0 atom stereocenters. The third-order valence-corrected chi connectivity index (χ3v) is 4.45. The summed E-state index contributed by atoms with van der Waals surface area (Å²) in [6.07, 6.45) is 1.58. The third-order valence-electron chi connectivity index (χ3n) is 4.17. The van der Waals surface area contributed by atoms with Crippen molar-refractivity contribution in [2.45, 2.75) is 0 Å². The highest BCUT2D eigenvalue weighted by Gasteiger charge is 2.25. The summed E-state index contributed by atoms with van der Waals surface area (Å²) in [4.78, 5) is 16.6. The lowest BCUT2D eigenvalue weighted by atomic mass is 10.1. The van der Waals surface area contributed by atoms with Crippen LogP contribution in [0.25, 0.3) is 6.08 Å². The Bertz CT molecular complexity index is 1010. The van der Waals surface area contributed by atoms with Crippen LogP contribution in [0.15, 0.2) is 41.0 Å². The van der Waals surface area contributed by atoms with Gasteiger partial charge < -0.3 is 23.7 Å². The van der Waals surface area contributed by atoms with E-state index in [1.165, 1.54) is 7.11 Å². The van der Waals surface area contributed by atoms with Gasteiger partial charge in [-0.05, 0) is 42.0 Å². The number of fused-ring (bicyclic) bond motifs is 1. The standard InChI is InChI=1S/C20H16ClNO6/c1-24-15-4-3-12(10-16(15)25-2)19-22-14(20(23)28-19)8-11-7-13(21)18-17(9-11)26-5-6-27-18/h3-4,7-10H,5-6H2,1-2H3/b14-8-. The number of carbonyl (C=O) groups is 1. The first-order chi connectivity index (χ1) is 13.6. The van der Waals surface area contributed by atoms with Crippen LogP contribution in [-0.2, 0) is 9.53 Å². The van der Waals surface area contributed by atoms with Gasteiger partial charge >= 0.3 is 5.97 Å². The molecule has 0 aromatic heterocycles. The zero-order chi connectivity index (χ0) is 19.7. The number of aliphatic imine (C=N–C) groups is 1. The smallest absolute Gasteiger partial charge is 0.363 e. The highest BCUT2D eigenvalue weighted by molar-refractivity contribution is 6.32. The van der Waals surface area contributed by atoms with Gasteiger partial charge in [-0.3, -0.25) is 0 Å². The summed E-state index contributed by atoms with van der Waals surface area (Å²) in [5.74, 6) is 1.73. The van der Waals surface area contributed by atoms with Crippen molar-refractivity contribution in [1.29, 1.82) is 0 Å². The van der Waals surface area contributed by atoms with Crippen molar-refractivity contribution >= 4 is 29.5 Å². The molecule has 2 aromatic rings. The lowest BCUT2D eigenvalue weighted by Gasteiger charge is -2.19. The van der Waals surface area contributed by atoms with Crippen LogP contribution in [0.1, 0.15) is 11.1 Å². The van der Waals surface area contributed by atoms with Gasteiger partial charge in [0, 0.05) is 5.56 Å². The largest absolute Gasteiger partial charge is 0.493 e. The molecule has 2 aliphatic heterocycles. The minimum Gasteiger partial charge on any atom is -0.493 e. The summed E-state index contributed by atoms with van der Waals surface area (Å²) in [7, 11) is 3.07. The maximum atomic E-state index is 12.3. The quantitative estimate of drug-likeness (QED) is 0.576. The molecule has 0 radical (unpaired) electrons. The minimum atomic E-state index is -0.559. The van der Waals surface area contributed by atoms with Crippen molar-refractivity contribution in [3.05, 3.63) is 52.2 Å². The molecule has 0 amide bonds. The molecule has 28 heavy (non-hydrogen) atoms. The molecule has 0 saturated carbocycles. The van der Waals surface area contributed by atoms with E-state index in [9.17, 15) is 4.79 Å². The summed E-state index contributed by atoms with van der Waals surface area (Å²) >= 11 is 6.24. The van der Waals surface area contributed by atoms with Crippen LogP contribution in [0.4, 0.5) is 0 Å². The molecule has 0 bridgehead atoms. The highest BCUT2D eigenvalue weighted by Crippen LogP contribution is 2.39. The molecular formula is C20H16ClNO6. The number of halogens is 1. The van der Waals surface area contributed by atoms with Gasteiger partial charge in [-0.25, -0.2) is 9.79 Å². The van der Waals surface area contributed by atoms with E-state index in [1.54, 1.807) is 43.5 Å². The number of carbonyl (C=O) groups excluding carboxylic acids is 1. The molecular weight excluding hydrogens is 386 g/mol. The van der Waals surface area contributed by atoms with Crippen LogP contribution in [0.3, 0.4) is 0 Å². The van der Waals surface area contributed by atoms with Crippen LogP contribution >= 0.6 is 11.6 Å². The Balaban J connectivity index is 1.67. The fraction of sp³-hybridized carbons (Fsp3) is 0.200. The number of rotatable bonds is 4. The van der Waals surface area contributed by atoms with Crippen LogP contribution in [0, 0.1) is 0 Å². The van der Waals surface area contributed by atoms with Gasteiger partial charge in [-0.2, -0.15) is 0 Å². The number of ether oxygens (including phenoxy) is 5. The second kappa shape index (κ2) is 7.44. The fourth-order valence-corrected chi connectivity index (χ4v) is 3.15. The van der Waals surface area contributed by atoms with E-state index >= 15 is 0 Å². The van der Waals surface area contributed by atoms with Crippen LogP contribution in [0.5, 0.6) is 23.0 Å². The lowest BCUT2D eigenvalue weighted by molar-refractivity contribution is -0.129. The van der Waals surface area contributed by atoms with Crippen molar-refractivity contribution in [2.75, 3.05) is 27.4 Å². The van der Waals surface area contributed by atoms with Gasteiger partial charge in [0.1, 0.15) is 13.2 Å². The number of benzene rings is 2. The topological polar surface area (TPSA) is 75.6 Å². The number of hydrogen-bond donors (Lipinski definition) is 0. The monoisotopic (exact) mass is 401 g/mol. The van der Waals surface area contributed by atoms with E-state index in [2.05, 4.69) is 4.99 Å². The summed E-state index contributed by atoms with van der Waals surface area (Å²) in [6.45, 7) is 0.880. The predicted octanol–water partition coefficient (Wildman–Crippen LogP) is 3.47. The molecule has 2 aromatic carbocycles. The van der Waals surface area contributed by atoms with Gasteiger partial charge in [0.25, 0.3) is 0 Å². The van der Waals surface area contributed by atoms with Crippen molar-refractivity contribution < 1.29 is 28.5 Å². The first-order valence-corrected chi connectivity index (χ1v) is 8.81. The number of methoxy groups -OCH3 is 2. The molecule has 2 aliphatic rings. The van der Waals surface area contributed by atoms with Crippen LogP contribution in [-0.4, -0.2) is 39.3 Å². The normalized spacial score (nSPS) is 16.6. The van der Waals surface area contributed by atoms with Crippen molar-refractivity contribution in [3.63, 3.8) is 0 Å². The predicted molar refractivity (Wildman–Crippen MR) is 103 cm³/mol. The zero-order valence-electron chi connectivity index (χ0n) is 15.2. The number of cyclic esters (lactones) is 1. The Labute approximate surface area is 166 Å². The molecule has 144 valence electrons. The molecule has 0 N–H and O–H groups in total. The van der Waals surface area contributed by atoms with Crippen molar-refractivity contribution in [2.24, 2.45) is 4.99 Å². The van der Waals surface area contributed by atoms with Gasteiger partial charge in [-0.1, -0.05) is 11.6 Å². The van der Waals surface area contributed by atoms with Gasteiger partial charge in [-0.15, -0.1) is 0 Å². The summed E-state index contributed by atoms with van der Waals surface area (Å²) in [5, 5.41) is 0.402. The second-order valence-electron chi connectivity index (χ2n) is 5.93. The van der Waals surface area contributed by atoms with Crippen LogP contribution < -0.4 is 18.9 Å². The van der Waals surface area contributed by atoms with Gasteiger partial charge in [0.05, 0.1) is 19.2 Å². The maximum Gasteiger partial charge on any atom is 0.363 e. The second-order valence-corrected chi connectivity index (χ2v) is 6.34. The Kier molecular flexibility index (Phi) is 4.83. The number of nitrogens with zero attached hydrogens (tertiary/aromatic N) is 1. The molecule has 4 rings (SSSR count). The maximum absolute atomic E-state index is 12.3. The van der Waals surface area contributed by atoms with Crippen molar-refractivity contribution in [1.82, 2.24) is 0 Å². The average Bonchev–Trinajstić information content (AvgIpc) is 3.07. The van der Waals surface area contributed by atoms with Crippen LogP contribution in [0.2, 0.25) is 5.02 Å². The average molecular weight is 402 g/mol. The molecule has 7 nitrogen and oxygen atoms in total. The van der Waals surface area contributed by atoms with E-state index in [0.29, 0.717) is 52.4 Å². The fourth-order valence-electron chi connectivity index (χ4n) is 2.87. The van der Waals surface area contributed by atoms with E-state index in [-0.39, 0.29) is 11.6 Å². The Morgan fingerprint density at radius 2 is 1.86 bits per heavy atom. The Hall–Kier alpha value is -3.19. The Morgan fingerprint density at radius 1 is 1.07 bits per heavy atom. The molecule has 0 aliphatic carbocycles. The van der Waals surface area contributed by atoms with Crippen molar-refractivity contribution in [3.8, 4) is 23.0 Å². The lowest BCUT2D eigenvalue weighted by Crippen LogP contribution is -2.15. The van der Waals surface area contributed by atoms with Gasteiger partial charge in [0.2, 0.25) is 5.90 Å². The van der Waals surface area contributed by atoms with Gasteiger partial charge in [0.15, 0.2) is 28.7 Å². The Morgan fingerprint density at radius 3 is 2.64 bits per heavy atom. The SMILES string of the molecule is COc1ccc(C2=N/C(=C\c3cc(Cl)c4c(c3)OCCO4)C(=O)O2)cc1OC. The molecule has 0 fully saturated rings. The van der Waals surface area contributed by atoms with E-state index < -0.39 is 5.97 Å². The highest BCUT2D eigenvalue weighted by atomic mass is 35.5. The third kappa shape index (κ3) is 3.36. The minimum absolute atomic E-state index is 0.150. The van der Waals surface area contributed by atoms with E-state index in [0.717, 1.165) is 0 Å². The number of esters is 1. The zero-order valence-corrected chi connectivity index (χ0v) is 15.9.